The van der Waals surface area contributed by atoms with Gasteiger partial charge in [-0.15, -0.1) is 0 Å². The van der Waals surface area contributed by atoms with Crippen LogP contribution in [0.25, 0.3) is 27.6 Å². The molecular weight excluding hydrogens is 418 g/mol. The van der Waals surface area contributed by atoms with Crippen molar-refractivity contribution in [3.05, 3.63) is 41.1 Å². The number of nitrogens with one attached hydrogen (secondary N) is 1. The summed E-state index contributed by atoms with van der Waals surface area (Å²) in [6, 6.07) is 6.45. The number of amides is 1. The zero-order chi connectivity index (χ0) is 23.1. The van der Waals surface area contributed by atoms with E-state index in [2.05, 4.69) is 22.1 Å². The Morgan fingerprint density at radius 3 is 2.82 bits per heavy atom. The Bertz CT molecular complexity index is 1450. The summed E-state index contributed by atoms with van der Waals surface area (Å²) in [5.74, 6) is 0.234. The average molecular weight is 446 g/mol. The fourth-order valence-corrected chi connectivity index (χ4v) is 5.56. The number of pyridine rings is 1. The van der Waals surface area contributed by atoms with Crippen LogP contribution < -0.4 is 16.2 Å². The number of ether oxygens (including phenoxy) is 1. The Labute approximate surface area is 190 Å². The van der Waals surface area contributed by atoms with E-state index in [4.69, 9.17) is 21.2 Å². The summed E-state index contributed by atoms with van der Waals surface area (Å²) in [5, 5.41) is 8.68. The summed E-state index contributed by atoms with van der Waals surface area (Å²) in [6.45, 7) is 5.67. The molecule has 4 heterocycles. The molecule has 5 N–H and O–H groups in total. The van der Waals surface area contributed by atoms with Gasteiger partial charge >= 0.3 is 0 Å². The number of rotatable bonds is 5. The summed E-state index contributed by atoms with van der Waals surface area (Å²) in [6.07, 6.45) is 4.06. The average Bonchev–Trinajstić information content (AvgIpc) is 3.02. The number of fused-ring (bicyclic) bond motifs is 3. The predicted molar refractivity (Wildman–Crippen MR) is 127 cm³/mol. The number of hydrogen-bond acceptors (Lipinski definition) is 6. The lowest BCUT2D eigenvalue weighted by Gasteiger charge is -2.15. The lowest BCUT2D eigenvalue weighted by atomic mass is 10.1. The third kappa shape index (κ3) is 2.78. The lowest BCUT2D eigenvalue weighted by Crippen LogP contribution is -2.18. The zero-order valence-electron chi connectivity index (χ0n) is 19.0. The standard InChI is InChI=1S/C24H27N7O2/c1-12-4-5-16-15(10-27-29-16)19(12)31-20(25)18(21(26)32)14-8-13(2)23(28-22(14)31)33-11-24-6-7-30(3)17(24)9-24/h4-5,8,10,17H,6-7,9,11,25H2,1-3H3,(H2,26,32)(H,27,29). The molecule has 1 saturated heterocycles. The fourth-order valence-electron chi connectivity index (χ4n) is 5.56. The Hall–Kier alpha value is -3.59. The number of piperidine rings is 1. The van der Waals surface area contributed by atoms with Crippen molar-refractivity contribution in [3.8, 4) is 11.6 Å². The maximum atomic E-state index is 12.4. The van der Waals surface area contributed by atoms with Crippen LogP contribution >= 0.6 is 0 Å². The van der Waals surface area contributed by atoms with Crippen LogP contribution in [0.2, 0.25) is 0 Å². The molecule has 1 amide bonds. The number of hydrogen-bond donors (Lipinski definition) is 3. The highest BCUT2D eigenvalue weighted by molar-refractivity contribution is 6.11. The van der Waals surface area contributed by atoms with Crippen LogP contribution in [0.5, 0.6) is 5.88 Å². The lowest BCUT2D eigenvalue weighted by molar-refractivity contribution is 0.100. The summed E-state index contributed by atoms with van der Waals surface area (Å²) >= 11 is 0. The second kappa shape index (κ2) is 6.71. The topological polar surface area (TPSA) is 128 Å². The molecule has 0 spiro atoms. The highest BCUT2D eigenvalue weighted by Crippen LogP contribution is 2.56. The van der Waals surface area contributed by atoms with Crippen LogP contribution in [0.3, 0.4) is 0 Å². The van der Waals surface area contributed by atoms with Crippen LogP contribution in [-0.2, 0) is 0 Å². The monoisotopic (exact) mass is 445 g/mol. The van der Waals surface area contributed by atoms with Gasteiger partial charge in [-0.3, -0.25) is 14.5 Å². The molecule has 9 heteroatoms. The van der Waals surface area contributed by atoms with Gasteiger partial charge in [0.1, 0.15) is 5.82 Å². The van der Waals surface area contributed by atoms with E-state index in [1.807, 2.05) is 32.0 Å². The largest absolute Gasteiger partial charge is 0.477 e. The summed E-state index contributed by atoms with van der Waals surface area (Å²) in [7, 11) is 2.18. The molecule has 1 saturated carbocycles. The number of aromatic nitrogens is 4. The van der Waals surface area contributed by atoms with Crippen LogP contribution in [-0.4, -0.2) is 56.8 Å². The quantitative estimate of drug-likeness (QED) is 0.433. The Morgan fingerprint density at radius 2 is 2.12 bits per heavy atom. The molecule has 0 bridgehead atoms. The molecule has 3 aromatic heterocycles. The van der Waals surface area contributed by atoms with Crippen molar-refractivity contribution in [1.29, 1.82) is 0 Å². The number of primary amides is 1. The Kier molecular flexibility index (Phi) is 4.08. The van der Waals surface area contributed by atoms with Crippen molar-refractivity contribution in [2.24, 2.45) is 11.1 Å². The molecule has 1 aliphatic carbocycles. The summed E-state index contributed by atoms with van der Waals surface area (Å²) in [4.78, 5) is 19.7. The van der Waals surface area contributed by atoms with Crippen molar-refractivity contribution in [1.82, 2.24) is 24.6 Å². The number of H-pyrrole nitrogens is 1. The molecule has 2 aliphatic rings. The smallest absolute Gasteiger partial charge is 0.253 e. The van der Waals surface area contributed by atoms with E-state index in [0.29, 0.717) is 29.6 Å². The van der Waals surface area contributed by atoms with Crippen molar-refractivity contribution in [2.45, 2.75) is 32.7 Å². The molecule has 170 valence electrons. The van der Waals surface area contributed by atoms with Gasteiger partial charge in [0, 0.05) is 27.8 Å². The molecular formula is C24H27N7O2. The van der Waals surface area contributed by atoms with Gasteiger partial charge in [-0.2, -0.15) is 10.1 Å². The first-order valence-electron chi connectivity index (χ1n) is 11.2. The summed E-state index contributed by atoms with van der Waals surface area (Å²) in [5.41, 5.74) is 16.8. The molecule has 4 aromatic rings. The van der Waals surface area contributed by atoms with E-state index >= 15 is 0 Å². The van der Waals surface area contributed by atoms with Crippen molar-refractivity contribution in [3.63, 3.8) is 0 Å². The van der Waals surface area contributed by atoms with Gasteiger partial charge in [-0.05, 0) is 58.0 Å². The first-order valence-corrected chi connectivity index (χ1v) is 11.2. The van der Waals surface area contributed by atoms with Crippen molar-refractivity contribution < 1.29 is 9.53 Å². The molecule has 33 heavy (non-hydrogen) atoms. The highest BCUT2D eigenvalue weighted by Gasteiger charge is 2.60. The molecule has 9 nitrogen and oxygen atoms in total. The van der Waals surface area contributed by atoms with Gasteiger partial charge in [-0.1, -0.05) is 6.07 Å². The van der Waals surface area contributed by atoms with Gasteiger partial charge in [0.05, 0.1) is 29.6 Å². The number of nitrogens with two attached hydrogens (primary N) is 2. The molecule has 2 atom stereocenters. The minimum absolute atomic E-state index is 0.232. The number of aryl methyl sites for hydroxylation is 2. The second-order valence-corrected chi connectivity index (χ2v) is 9.61. The summed E-state index contributed by atoms with van der Waals surface area (Å²) < 4.78 is 8.10. The van der Waals surface area contributed by atoms with Gasteiger partial charge in [0.15, 0.2) is 5.65 Å². The highest BCUT2D eigenvalue weighted by atomic mass is 16.5. The maximum Gasteiger partial charge on any atom is 0.253 e. The van der Waals surface area contributed by atoms with E-state index in [9.17, 15) is 4.79 Å². The van der Waals surface area contributed by atoms with E-state index in [1.165, 1.54) is 6.42 Å². The molecule has 6 rings (SSSR count). The third-order valence-corrected chi connectivity index (χ3v) is 7.53. The van der Waals surface area contributed by atoms with Gasteiger partial charge < -0.3 is 21.1 Å². The van der Waals surface area contributed by atoms with Gasteiger partial charge in [-0.25, -0.2) is 0 Å². The van der Waals surface area contributed by atoms with Crippen LogP contribution in [0.4, 0.5) is 5.82 Å². The van der Waals surface area contributed by atoms with Crippen molar-refractivity contribution >= 4 is 33.7 Å². The Morgan fingerprint density at radius 1 is 1.30 bits per heavy atom. The van der Waals surface area contributed by atoms with Crippen LogP contribution in [0.1, 0.15) is 34.3 Å². The number of aromatic amines is 1. The predicted octanol–water partition coefficient (Wildman–Crippen LogP) is 2.67. The normalized spacial score (nSPS) is 22.2. The van der Waals surface area contributed by atoms with Crippen molar-refractivity contribution in [2.75, 3.05) is 25.9 Å². The molecule has 2 fully saturated rings. The van der Waals surface area contributed by atoms with Gasteiger partial charge in [0.25, 0.3) is 5.91 Å². The molecule has 1 aliphatic heterocycles. The third-order valence-electron chi connectivity index (χ3n) is 7.53. The molecule has 1 aromatic carbocycles. The van der Waals surface area contributed by atoms with Gasteiger partial charge in [0.2, 0.25) is 5.88 Å². The van der Waals surface area contributed by atoms with E-state index < -0.39 is 5.91 Å². The number of carbonyl (C=O) groups is 1. The number of anilines is 1. The number of carbonyl (C=O) groups excluding carboxylic acids is 1. The molecule has 0 radical (unpaired) electrons. The number of likely N-dealkylation sites (tertiary alicyclic amines) is 1. The molecule has 2 unspecified atom stereocenters. The SMILES string of the molecule is Cc1cc2c(C(N)=O)c(N)n(-c3c(C)ccc4[nH]ncc34)c2nc1OCC12CCN(C)C1C2. The first kappa shape index (κ1) is 20.0. The van der Waals surface area contributed by atoms with E-state index in [-0.39, 0.29) is 16.8 Å². The number of nitrogens with zero attached hydrogens (tertiary/aromatic N) is 4. The second-order valence-electron chi connectivity index (χ2n) is 9.61. The fraction of sp³-hybridized carbons (Fsp3) is 0.375. The minimum atomic E-state index is -0.586. The number of benzene rings is 1. The Balaban J connectivity index is 1.52. The van der Waals surface area contributed by atoms with E-state index in [1.54, 1.807) is 10.8 Å². The minimum Gasteiger partial charge on any atom is -0.477 e. The first-order chi connectivity index (χ1) is 15.8. The van der Waals surface area contributed by atoms with Crippen LogP contribution in [0, 0.1) is 19.3 Å². The number of nitrogen functional groups attached to an aromatic ring is 1. The maximum absolute atomic E-state index is 12.4. The zero-order valence-corrected chi connectivity index (χ0v) is 19.0. The van der Waals surface area contributed by atoms with E-state index in [0.717, 1.165) is 40.7 Å². The van der Waals surface area contributed by atoms with Crippen LogP contribution in [0.15, 0.2) is 24.4 Å².